The summed E-state index contributed by atoms with van der Waals surface area (Å²) >= 11 is 3.35. The number of nitrogens with two attached hydrogens (primary N) is 1. The molecular weight excluding hydrogens is 242 g/mol. The van der Waals surface area contributed by atoms with Crippen molar-refractivity contribution in [3.63, 3.8) is 0 Å². The fourth-order valence-electron chi connectivity index (χ4n) is 1.76. The molecule has 0 aliphatic heterocycles. The van der Waals surface area contributed by atoms with Crippen LogP contribution in [-0.2, 0) is 5.54 Å². The van der Waals surface area contributed by atoms with Crippen molar-refractivity contribution in [1.29, 1.82) is 0 Å². The fourth-order valence-corrected chi connectivity index (χ4v) is 2.07. The topological polar surface area (TPSA) is 46.2 Å². The van der Waals surface area contributed by atoms with Crippen LogP contribution in [0.5, 0.6) is 5.75 Å². The lowest BCUT2D eigenvalue weighted by Crippen LogP contribution is -2.29. The van der Waals surface area contributed by atoms with E-state index in [0.29, 0.717) is 0 Å². The Labute approximate surface area is 93.3 Å². The Hall–Kier alpha value is -0.540. The lowest BCUT2D eigenvalue weighted by molar-refractivity contribution is 0.435. The Morgan fingerprint density at radius 3 is 2.21 bits per heavy atom. The lowest BCUT2D eigenvalue weighted by Gasteiger charge is -2.24. The molecule has 0 radical (unpaired) electrons. The second kappa shape index (κ2) is 3.55. The van der Waals surface area contributed by atoms with E-state index in [1.807, 2.05) is 33.8 Å². The van der Waals surface area contributed by atoms with Gasteiger partial charge in [0, 0.05) is 11.1 Å². The van der Waals surface area contributed by atoms with Crippen LogP contribution in [0, 0.1) is 13.8 Å². The van der Waals surface area contributed by atoms with Gasteiger partial charge < -0.3 is 10.8 Å². The van der Waals surface area contributed by atoms with Crippen molar-refractivity contribution in [2.75, 3.05) is 0 Å². The highest BCUT2D eigenvalue weighted by Crippen LogP contribution is 2.38. The fraction of sp³-hybridized carbons (Fsp3) is 0.455. The average Bonchev–Trinajstić information content (AvgIpc) is 1.97. The van der Waals surface area contributed by atoms with Gasteiger partial charge in [-0.2, -0.15) is 0 Å². The zero-order valence-electron chi connectivity index (χ0n) is 8.98. The zero-order valence-corrected chi connectivity index (χ0v) is 10.6. The van der Waals surface area contributed by atoms with Gasteiger partial charge in [0.1, 0.15) is 5.75 Å². The van der Waals surface area contributed by atoms with Gasteiger partial charge in [0.05, 0.1) is 4.47 Å². The lowest BCUT2D eigenvalue weighted by atomic mass is 9.89. The third-order valence-corrected chi connectivity index (χ3v) is 3.26. The highest BCUT2D eigenvalue weighted by molar-refractivity contribution is 9.10. The first kappa shape index (κ1) is 11.5. The van der Waals surface area contributed by atoms with Crippen LogP contribution in [0.4, 0.5) is 0 Å². The first-order chi connectivity index (χ1) is 6.25. The number of phenols is 1. The van der Waals surface area contributed by atoms with Crippen LogP contribution in [0.3, 0.4) is 0 Å². The minimum atomic E-state index is -0.523. The predicted molar refractivity (Wildman–Crippen MR) is 62.5 cm³/mol. The molecule has 0 saturated carbocycles. The minimum absolute atomic E-state index is 0.259. The van der Waals surface area contributed by atoms with E-state index in [-0.39, 0.29) is 5.75 Å². The molecule has 1 aromatic carbocycles. The molecular formula is C11H16BrNO. The van der Waals surface area contributed by atoms with Crippen LogP contribution in [0.1, 0.15) is 30.5 Å². The van der Waals surface area contributed by atoms with Crippen LogP contribution in [-0.4, -0.2) is 5.11 Å². The number of hydrogen-bond donors (Lipinski definition) is 2. The normalized spacial score (nSPS) is 11.9. The first-order valence-corrected chi connectivity index (χ1v) is 5.32. The van der Waals surface area contributed by atoms with Crippen molar-refractivity contribution in [3.05, 3.63) is 27.2 Å². The standard InChI is InChI=1S/C11H16BrNO/c1-6-5-7(2)9(12)10(14)8(6)11(3,4)13/h5,14H,13H2,1-4H3. The Morgan fingerprint density at radius 2 is 1.79 bits per heavy atom. The summed E-state index contributed by atoms with van der Waals surface area (Å²) in [5, 5.41) is 9.97. The van der Waals surface area contributed by atoms with Crippen molar-refractivity contribution < 1.29 is 5.11 Å². The summed E-state index contributed by atoms with van der Waals surface area (Å²) in [7, 11) is 0. The molecule has 14 heavy (non-hydrogen) atoms. The van der Waals surface area contributed by atoms with E-state index in [2.05, 4.69) is 15.9 Å². The number of aryl methyl sites for hydroxylation is 2. The molecule has 3 N–H and O–H groups in total. The summed E-state index contributed by atoms with van der Waals surface area (Å²) in [6.07, 6.45) is 0. The smallest absolute Gasteiger partial charge is 0.135 e. The predicted octanol–water partition coefficient (Wildman–Crippen LogP) is 2.97. The Balaban J connectivity index is 3.53. The van der Waals surface area contributed by atoms with Gasteiger partial charge in [-0.25, -0.2) is 0 Å². The van der Waals surface area contributed by atoms with Gasteiger partial charge in [-0.05, 0) is 54.8 Å². The van der Waals surface area contributed by atoms with Crippen molar-refractivity contribution in [3.8, 4) is 5.75 Å². The first-order valence-electron chi connectivity index (χ1n) is 4.53. The van der Waals surface area contributed by atoms with Crippen LogP contribution < -0.4 is 5.73 Å². The van der Waals surface area contributed by atoms with Crippen molar-refractivity contribution in [1.82, 2.24) is 0 Å². The van der Waals surface area contributed by atoms with Crippen LogP contribution >= 0.6 is 15.9 Å². The van der Waals surface area contributed by atoms with Gasteiger partial charge in [-0.3, -0.25) is 0 Å². The third-order valence-electron chi connectivity index (χ3n) is 2.26. The number of phenolic OH excluding ortho intramolecular Hbond substituents is 1. The monoisotopic (exact) mass is 257 g/mol. The van der Waals surface area contributed by atoms with E-state index in [1.54, 1.807) is 0 Å². The number of rotatable bonds is 1. The van der Waals surface area contributed by atoms with Gasteiger partial charge in [-0.1, -0.05) is 6.07 Å². The summed E-state index contributed by atoms with van der Waals surface area (Å²) in [6, 6.07) is 2.02. The zero-order chi connectivity index (χ0) is 11.1. The molecule has 0 aliphatic carbocycles. The molecule has 0 spiro atoms. The molecule has 0 aliphatic rings. The SMILES string of the molecule is Cc1cc(C)c(C(C)(C)N)c(O)c1Br. The van der Waals surface area contributed by atoms with Crippen LogP contribution in [0.15, 0.2) is 10.5 Å². The Kier molecular flexibility index (Phi) is 2.93. The van der Waals surface area contributed by atoms with Crippen molar-refractivity contribution in [2.45, 2.75) is 33.2 Å². The van der Waals surface area contributed by atoms with E-state index in [0.717, 1.165) is 21.2 Å². The molecule has 0 unspecified atom stereocenters. The molecule has 78 valence electrons. The molecule has 0 aromatic heterocycles. The summed E-state index contributed by atoms with van der Waals surface area (Å²) in [5.41, 5.74) is 8.32. The number of hydrogen-bond acceptors (Lipinski definition) is 2. The molecule has 1 rings (SSSR count). The molecule has 0 bridgehead atoms. The average molecular weight is 258 g/mol. The molecule has 1 aromatic rings. The summed E-state index contributed by atoms with van der Waals surface area (Å²) in [6.45, 7) is 7.68. The van der Waals surface area contributed by atoms with E-state index in [1.165, 1.54) is 0 Å². The van der Waals surface area contributed by atoms with E-state index in [4.69, 9.17) is 5.73 Å². The summed E-state index contributed by atoms with van der Waals surface area (Å²) in [5.74, 6) is 0.259. The van der Waals surface area contributed by atoms with Crippen LogP contribution in [0.2, 0.25) is 0 Å². The van der Waals surface area contributed by atoms with Gasteiger partial charge in [0.15, 0.2) is 0 Å². The van der Waals surface area contributed by atoms with E-state index in [9.17, 15) is 5.11 Å². The molecule has 2 nitrogen and oxygen atoms in total. The maximum Gasteiger partial charge on any atom is 0.135 e. The Bertz CT molecular complexity index is 367. The largest absolute Gasteiger partial charge is 0.506 e. The van der Waals surface area contributed by atoms with Crippen LogP contribution in [0.25, 0.3) is 0 Å². The molecule has 0 heterocycles. The molecule has 3 heteroatoms. The van der Waals surface area contributed by atoms with Crippen molar-refractivity contribution in [2.24, 2.45) is 5.73 Å². The maximum atomic E-state index is 9.97. The second-order valence-corrected chi connectivity index (χ2v) is 5.06. The van der Waals surface area contributed by atoms with Gasteiger partial charge in [0.2, 0.25) is 0 Å². The number of aromatic hydroxyl groups is 1. The minimum Gasteiger partial charge on any atom is -0.506 e. The molecule has 0 saturated heterocycles. The third kappa shape index (κ3) is 1.93. The Morgan fingerprint density at radius 1 is 1.29 bits per heavy atom. The highest BCUT2D eigenvalue weighted by atomic mass is 79.9. The van der Waals surface area contributed by atoms with Gasteiger partial charge in [-0.15, -0.1) is 0 Å². The molecule has 0 amide bonds. The second-order valence-electron chi connectivity index (χ2n) is 4.27. The van der Waals surface area contributed by atoms with Gasteiger partial charge >= 0.3 is 0 Å². The molecule has 0 atom stereocenters. The quantitative estimate of drug-likeness (QED) is 0.813. The van der Waals surface area contributed by atoms with Gasteiger partial charge in [0.25, 0.3) is 0 Å². The summed E-state index contributed by atoms with van der Waals surface area (Å²) < 4.78 is 0.733. The maximum absolute atomic E-state index is 9.97. The number of benzene rings is 1. The van der Waals surface area contributed by atoms with E-state index < -0.39 is 5.54 Å². The number of halogens is 1. The molecule has 0 fully saturated rings. The highest BCUT2D eigenvalue weighted by Gasteiger charge is 2.23. The van der Waals surface area contributed by atoms with Crippen molar-refractivity contribution >= 4 is 15.9 Å². The van der Waals surface area contributed by atoms with E-state index >= 15 is 0 Å². The summed E-state index contributed by atoms with van der Waals surface area (Å²) in [4.78, 5) is 0.